The van der Waals surface area contributed by atoms with Crippen LogP contribution in [-0.4, -0.2) is 26.3 Å². The van der Waals surface area contributed by atoms with Crippen LogP contribution in [0.4, 0.5) is 5.69 Å². The van der Waals surface area contributed by atoms with Crippen LogP contribution in [0.5, 0.6) is 0 Å². The average molecular weight is 403 g/mol. The lowest BCUT2D eigenvalue weighted by molar-refractivity contribution is -0.114. The Kier molecular flexibility index (Phi) is 5.03. The number of carbonyl (C=O) groups is 2. The topological polar surface area (TPSA) is 91.8 Å². The molecule has 3 N–H and O–H groups in total. The van der Waals surface area contributed by atoms with Gasteiger partial charge in [0.05, 0.1) is 22.8 Å². The molecular weight excluding hydrogens is 378 g/mol. The lowest BCUT2D eigenvalue weighted by Crippen LogP contribution is -2.30. The van der Waals surface area contributed by atoms with Crippen molar-refractivity contribution in [3.8, 4) is 0 Å². The van der Waals surface area contributed by atoms with E-state index in [9.17, 15) is 9.59 Å². The van der Waals surface area contributed by atoms with Crippen LogP contribution < -0.4 is 10.6 Å². The minimum absolute atomic E-state index is 0.190. The van der Waals surface area contributed by atoms with Gasteiger partial charge in [-0.25, -0.2) is 4.98 Å². The van der Waals surface area contributed by atoms with E-state index in [0.29, 0.717) is 11.4 Å². The highest BCUT2D eigenvalue weighted by Crippen LogP contribution is 2.29. The summed E-state index contributed by atoms with van der Waals surface area (Å²) in [5, 5.41) is 6.62. The number of nitrogens with one attached hydrogen (secondary N) is 3. The number of para-hydroxylation sites is 3. The predicted octanol–water partition coefficient (Wildman–Crippen LogP) is 4.55. The molecule has 0 saturated heterocycles. The SMILES string of the molecule is CC(=O)Nc1c(C(=O)N[C@H](C)c2nc3ccccc3n2C(C)C)[nH]c2ccccc12. The number of rotatable bonds is 5. The second kappa shape index (κ2) is 7.67. The molecule has 2 aromatic heterocycles. The molecule has 0 saturated carbocycles. The number of hydrogen-bond acceptors (Lipinski definition) is 3. The first-order chi connectivity index (χ1) is 14.4. The molecule has 4 rings (SSSR count). The van der Waals surface area contributed by atoms with E-state index >= 15 is 0 Å². The molecule has 4 aromatic rings. The zero-order valence-electron chi connectivity index (χ0n) is 17.5. The first-order valence-corrected chi connectivity index (χ1v) is 10.0. The molecule has 0 aliphatic carbocycles. The van der Waals surface area contributed by atoms with E-state index < -0.39 is 0 Å². The first-order valence-electron chi connectivity index (χ1n) is 10.0. The highest BCUT2D eigenvalue weighted by molar-refractivity contribution is 6.12. The summed E-state index contributed by atoms with van der Waals surface area (Å²) in [5.41, 5.74) is 3.53. The maximum atomic E-state index is 13.2. The molecule has 0 bridgehead atoms. The van der Waals surface area contributed by atoms with Gasteiger partial charge in [0.1, 0.15) is 11.5 Å². The van der Waals surface area contributed by atoms with Crippen molar-refractivity contribution in [3.05, 3.63) is 60.0 Å². The largest absolute Gasteiger partial charge is 0.349 e. The van der Waals surface area contributed by atoms with E-state index in [2.05, 4.69) is 34.0 Å². The van der Waals surface area contributed by atoms with Crippen molar-refractivity contribution in [2.45, 2.75) is 39.8 Å². The average Bonchev–Trinajstić information content (AvgIpc) is 3.27. The molecule has 0 aliphatic heterocycles. The predicted molar refractivity (Wildman–Crippen MR) is 119 cm³/mol. The number of H-pyrrole nitrogens is 1. The van der Waals surface area contributed by atoms with Crippen LogP contribution in [-0.2, 0) is 4.79 Å². The van der Waals surface area contributed by atoms with Crippen molar-refractivity contribution in [1.29, 1.82) is 0 Å². The van der Waals surface area contributed by atoms with Crippen LogP contribution >= 0.6 is 0 Å². The number of fused-ring (bicyclic) bond motifs is 2. The Morgan fingerprint density at radius 2 is 1.73 bits per heavy atom. The number of aromatic amines is 1. The van der Waals surface area contributed by atoms with Gasteiger partial charge in [0, 0.05) is 23.9 Å². The van der Waals surface area contributed by atoms with Gasteiger partial charge < -0.3 is 20.2 Å². The Labute approximate surface area is 174 Å². The Balaban J connectivity index is 1.71. The van der Waals surface area contributed by atoms with Crippen LogP contribution in [0.15, 0.2) is 48.5 Å². The van der Waals surface area contributed by atoms with Crippen LogP contribution in [0.25, 0.3) is 21.9 Å². The third-order valence-corrected chi connectivity index (χ3v) is 5.11. The third kappa shape index (κ3) is 3.43. The fourth-order valence-corrected chi connectivity index (χ4v) is 3.86. The Morgan fingerprint density at radius 3 is 2.47 bits per heavy atom. The maximum absolute atomic E-state index is 13.2. The lowest BCUT2D eigenvalue weighted by atomic mass is 10.2. The van der Waals surface area contributed by atoms with Gasteiger partial charge in [-0.05, 0) is 39.0 Å². The summed E-state index contributed by atoms with van der Waals surface area (Å²) in [5.74, 6) is 0.255. The summed E-state index contributed by atoms with van der Waals surface area (Å²) in [6, 6.07) is 15.3. The Bertz CT molecular complexity index is 1250. The zero-order valence-corrected chi connectivity index (χ0v) is 17.5. The van der Waals surface area contributed by atoms with Gasteiger partial charge >= 0.3 is 0 Å². The number of amides is 2. The lowest BCUT2D eigenvalue weighted by Gasteiger charge is -2.19. The van der Waals surface area contributed by atoms with E-state index in [-0.39, 0.29) is 23.9 Å². The van der Waals surface area contributed by atoms with E-state index in [0.717, 1.165) is 27.8 Å². The highest BCUT2D eigenvalue weighted by Gasteiger charge is 2.24. The minimum atomic E-state index is -0.330. The highest BCUT2D eigenvalue weighted by atomic mass is 16.2. The molecule has 0 spiro atoms. The smallest absolute Gasteiger partial charge is 0.270 e. The molecule has 0 radical (unpaired) electrons. The van der Waals surface area contributed by atoms with Gasteiger partial charge in [-0.2, -0.15) is 0 Å². The number of anilines is 1. The van der Waals surface area contributed by atoms with Gasteiger partial charge in [0.15, 0.2) is 0 Å². The summed E-state index contributed by atoms with van der Waals surface area (Å²) in [7, 11) is 0. The fourth-order valence-electron chi connectivity index (χ4n) is 3.86. The van der Waals surface area contributed by atoms with Crippen molar-refractivity contribution in [3.63, 3.8) is 0 Å². The minimum Gasteiger partial charge on any atom is -0.349 e. The Morgan fingerprint density at radius 1 is 1.03 bits per heavy atom. The van der Waals surface area contributed by atoms with Gasteiger partial charge in [-0.1, -0.05) is 30.3 Å². The zero-order chi connectivity index (χ0) is 21.4. The number of hydrogen-bond donors (Lipinski definition) is 3. The van der Waals surface area contributed by atoms with Crippen molar-refractivity contribution in [2.24, 2.45) is 0 Å². The number of benzene rings is 2. The quantitative estimate of drug-likeness (QED) is 0.456. The van der Waals surface area contributed by atoms with E-state index in [1.165, 1.54) is 6.92 Å². The summed E-state index contributed by atoms with van der Waals surface area (Å²) >= 11 is 0. The van der Waals surface area contributed by atoms with E-state index in [4.69, 9.17) is 4.98 Å². The van der Waals surface area contributed by atoms with E-state index in [1.807, 2.05) is 55.5 Å². The molecular formula is C23H25N5O2. The molecule has 0 unspecified atom stereocenters. The van der Waals surface area contributed by atoms with Crippen molar-refractivity contribution >= 4 is 39.4 Å². The first kappa shape index (κ1) is 19.7. The standard InChI is InChI=1S/C23H25N5O2/c1-13(2)28-19-12-8-7-11-18(19)27-22(28)14(3)24-23(30)21-20(25-15(4)29)16-9-5-6-10-17(16)26-21/h5-14,26H,1-4H3,(H,24,30)(H,25,29)/t14-/m1/s1. The summed E-state index contributed by atoms with van der Waals surface area (Å²) in [6.07, 6.45) is 0. The second-order valence-corrected chi connectivity index (χ2v) is 7.72. The molecule has 7 nitrogen and oxygen atoms in total. The molecule has 2 aromatic carbocycles. The fraction of sp³-hybridized carbons (Fsp3) is 0.261. The molecule has 154 valence electrons. The molecule has 2 amide bonds. The number of carbonyl (C=O) groups excluding carboxylic acids is 2. The van der Waals surface area contributed by atoms with Crippen molar-refractivity contribution < 1.29 is 9.59 Å². The normalized spacial score (nSPS) is 12.4. The van der Waals surface area contributed by atoms with E-state index in [1.54, 1.807) is 0 Å². The summed E-state index contributed by atoms with van der Waals surface area (Å²) < 4.78 is 2.14. The number of aromatic nitrogens is 3. The number of nitrogens with zero attached hydrogens (tertiary/aromatic N) is 2. The number of imidazole rings is 1. The van der Waals surface area contributed by atoms with Gasteiger partial charge in [0.25, 0.3) is 5.91 Å². The second-order valence-electron chi connectivity index (χ2n) is 7.72. The molecule has 2 heterocycles. The maximum Gasteiger partial charge on any atom is 0.270 e. The molecule has 7 heteroatoms. The summed E-state index contributed by atoms with van der Waals surface area (Å²) in [6.45, 7) is 7.54. The Hall–Kier alpha value is -3.61. The molecule has 0 aliphatic rings. The van der Waals surface area contributed by atoms with Crippen LogP contribution in [0.1, 0.15) is 56.1 Å². The van der Waals surface area contributed by atoms with Crippen LogP contribution in [0.2, 0.25) is 0 Å². The molecule has 1 atom stereocenters. The van der Waals surface area contributed by atoms with Crippen molar-refractivity contribution in [1.82, 2.24) is 19.9 Å². The van der Waals surface area contributed by atoms with Crippen molar-refractivity contribution in [2.75, 3.05) is 5.32 Å². The molecule has 0 fully saturated rings. The van der Waals surface area contributed by atoms with Crippen LogP contribution in [0.3, 0.4) is 0 Å². The summed E-state index contributed by atoms with van der Waals surface area (Å²) in [4.78, 5) is 32.8. The third-order valence-electron chi connectivity index (χ3n) is 5.11. The monoisotopic (exact) mass is 403 g/mol. The molecule has 30 heavy (non-hydrogen) atoms. The van der Waals surface area contributed by atoms with Gasteiger partial charge in [-0.3, -0.25) is 9.59 Å². The van der Waals surface area contributed by atoms with Crippen LogP contribution in [0, 0.1) is 0 Å². The van der Waals surface area contributed by atoms with Gasteiger partial charge in [0.2, 0.25) is 5.91 Å². The van der Waals surface area contributed by atoms with Gasteiger partial charge in [-0.15, -0.1) is 0 Å².